The third kappa shape index (κ3) is 3.04. The number of para-hydroxylation sites is 1. The fourth-order valence-electron chi connectivity index (χ4n) is 3.47. The summed E-state index contributed by atoms with van der Waals surface area (Å²) >= 11 is 1.49. The van der Waals surface area contributed by atoms with Crippen molar-refractivity contribution in [3.8, 4) is 16.5 Å². The Morgan fingerprint density at radius 2 is 2.11 bits per heavy atom. The Kier molecular flexibility index (Phi) is 4.61. The van der Waals surface area contributed by atoms with Crippen LogP contribution in [0.15, 0.2) is 30.5 Å². The summed E-state index contributed by atoms with van der Waals surface area (Å²) in [7, 11) is 3.84. The number of rotatable bonds is 3. The first-order valence-corrected chi connectivity index (χ1v) is 9.65. The zero-order valence-electron chi connectivity index (χ0n) is 15.6. The van der Waals surface area contributed by atoms with Crippen molar-refractivity contribution in [2.75, 3.05) is 36.2 Å². The molecule has 3 heterocycles. The van der Waals surface area contributed by atoms with E-state index in [9.17, 15) is 9.65 Å². The van der Waals surface area contributed by atoms with Crippen LogP contribution in [0.2, 0.25) is 0 Å². The van der Waals surface area contributed by atoms with Crippen LogP contribution in [0.4, 0.5) is 21.0 Å². The van der Waals surface area contributed by atoms with Gasteiger partial charge in [-0.3, -0.25) is 0 Å². The highest BCUT2D eigenvalue weighted by atomic mass is 32.1. The van der Waals surface area contributed by atoms with Gasteiger partial charge in [-0.1, -0.05) is 23.5 Å². The molecule has 0 spiro atoms. The second kappa shape index (κ2) is 7.09. The zero-order valence-corrected chi connectivity index (χ0v) is 16.4. The van der Waals surface area contributed by atoms with E-state index in [1.54, 1.807) is 18.3 Å². The largest absolute Gasteiger partial charge is 0.383 e. The topological polar surface area (TPSA) is 82.1 Å². The standard InChI is InChI=1S/C20H19FN6S/c1-26(2)20-24-10-17(28-20)18-12(9-22)19(23)25-15-7-8-27(11-13(15)18)16-6-4-3-5-14(16)21/h3-6,10H,7-8,11H2,1-2H3,(H2,23,25). The number of fused-ring (bicyclic) bond motifs is 1. The van der Waals surface area contributed by atoms with E-state index in [2.05, 4.69) is 16.0 Å². The SMILES string of the molecule is CN(C)c1ncc(-c2c(C#N)c(N)nc3c2CN(c2ccccc2F)CC3)s1. The van der Waals surface area contributed by atoms with E-state index in [0.29, 0.717) is 30.8 Å². The van der Waals surface area contributed by atoms with Gasteiger partial charge in [0, 0.05) is 50.9 Å². The fourth-order valence-corrected chi connectivity index (χ4v) is 4.38. The number of hydrogen-bond acceptors (Lipinski definition) is 7. The number of benzene rings is 1. The van der Waals surface area contributed by atoms with Crippen molar-refractivity contribution in [2.24, 2.45) is 0 Å². The van der Waals surface area contributed by atoms with Gasteiger partial charge in [-0.25, -0.2) is 14.4 Å². The van der Waals surface area contributed by atoms with E-state index >= 15 is 0 Å². The molecule has 0 atom stereocenters. The molecule has 2 N–H and O–H groups in total. The maximum Gasteiger partial charge on any atom is 0.185 e. The van der Waals surface area contributed by atoms with Gasteiger partial charge in [-0.15, -0.1) is 0 Å². The molecule has 1 aliphatic rings. The maximum absolute atomic E-state index is 14.3. The third-order valence-electron chi connectivity index (χ3n) is 4.81. The Bertz CT molecular complexity index is 1080. The number of thiazole rings is 1. The van der Waals surface area contributed by atoms with Crippen molar-refractivity contribution in [3.63, 3.8) is 0 Å². The summed E-state index contributed by atoms with van der Waals surface area (Å²) in [4.78, 5) is 13.7. The van der Waals surface area contributed by atoms with E-state index in [4.69, 9.17) is 5.73 Å². The molecule has 0 unspecified atom stereocenters. The average Bonchev–Trinajstić information content (AvgIpc) is 3.17. The Morgan fingerprint density at radius 3 is 2.79 bits per heavy atom. The van der Waals surface area contributed by atoms with Crippen LogP contribution in [0, 0.1) is 17.1 Å². The molecule has 2 aromatic heterocycles. The van der Waals surface area contributed by atoms with Crippen LogP contribution in [-0.2, 0) is 13.0 Å². The number of pyridine rings is 1. The fraction of sp³-hybridized carbons (Fsp3) is 0.250. The van der Waals surface area contributed by atoms with Crippen molar-refractivity contribution in [1.29, 1.82) is 5.26 Å². The lowest BCUT2D eigenvalue weighted by atomic mass is 9.95. The average molecular weight is 394 g/mol. The summed E-state index contributed by atoms with van der Waals surface area (Å²) in [5.74, 6) is -0.0283. The Balaban J connectivity index is 1.86. The van der Waals surface area contributed by atoms with Crippen molar-refractivity contribution in [2.45, 2.75) is 13.0 Å². The Hall–Kier alpha value is -3.18. The van der Waals surface area contributed by atoms with Crippen LogP contribution < -0.4 is 15.5 Å². The van der Waals surface area contributed by atoms with Gasteiger partial charge in [0.1, 0.15) is 23.3 Å². The predicted octanol–water partition coefficient (Wildman–Crippen LogP) is 3.43. The van der Waals surface area contributed by atoms with E-state index in [1.165, 1.54) is 17.4 Å². The summed E-state index contributed by atoms with van der Waals surface area (Å²) in [6, 6.07) is 8.93. The quantitative estimate of drug-likeness (QED) is 0.733. The second-order valence-electron chi connectivity index (χ2n) is 6.81. The van der Waals surface area contributed by atoms with Crippen LogP contribution in [0.3, 0.4) is 0 Å². The first kappa shape index (κ1) is 18.2. The number of nitrogens with two attached hydrogens (primary N) is 1. The molecule has 6 nitrogen and oxygen atoms in total. The van der Waals surface area contributed by atoms with Gasteiger partial charge in [-0.2, -0.15) is 5.26 Å². The first-order valence-electron chi connectivity index (χ1n) is 8.84. The number of anilines is 3. The third-order valence-corrected chi connectivity index (χ3v) is 5.99. The monoisotopic (exact) mass is 394 g/mol. The Labute approximate surface area is 166 Å². The van der Waals surface area contributed by atoms with E-state index in [0.717, 1.165) is 26.8 Å². The summed E-state index contributed by atoms with van der Waals surface area (Å²) in [6.07, 6.45) is 2.39. The highest BCUT2D eigenvalue weighted by molar-refractivity contribution is 7.18. The highest BCUT2D eigenvalue weighted by Crippen LogP contribution is 2.40. The minimum atomic E-state index is -0.260. The van der Waals surface area contributed by atoms with Gasteiger partial charge in [0.15, 0.2) is 5.13 Å². The van der Waals surface area contributed by atoms with Crippen LogP contribution in [0.1, 0.15) is 16.8 Å². The Morgan fingerprint density at radius 1 is 1.32 bits per heavy atom. The molecular formula is C20H19FN6S. The zero-order chi connectivity index (χ0) is 19.8. The second-order valence-corrected chi connectivity index (χ2v) is 7.82. The normalized spacial score (nSPS) is 13.1. The van der Waals surface area contributed by atoms with Crippen molar-refractivity contribution >= 4 is 28.0 Å². The highest BCUT2D eigenvalue weighted by Gasteiger charge is 2.27. The van der Waals surface area contributed by atoms with Crippen LogP contribution in [0.25, 0.3) is 10.4 Å². The lowest BCUT2D eigenvalue weighted by Gasteiger charge is -2.32. The lowest BCUT2D eigenvalue weighted by Crippen LogP contribution is -2.32. The van der Waals surface area contributed by atoms with Gasteiger partial charge in [0.2, 0.25) is 0 Å². The molecule has 0 saturated carbocycles. The van der Waals surface area contributed by atoms with E-state index in [1.807, 2.05) is 30.0 Å². The number of nitrogen functional groups attached to an aromatic ring is 1. The minimum absolute atomic E-state index is 0.232. The molecule has 0 aliphatic carbocycles. The number of nitrogens with zero attached hydrogens (tertiary/aromatic N) is 5. The maximum atomic E-state index is 14.3. The van der Waals surface area contributed by atoms with Crippen molar-refractivity contribution in [1.82, 2.24) is 9.97 Å². The summed E-state index contributed by atoms with van der Waals surface area (Å²) in [5.41, 5.74) is 9.53. The minimum Gasteiger partial charge on any atom is -0.383 e. The molecule has 0 saturated heterocycles. The smallest absolute Gasteiger partial charge is 0.185 e. The van der Waals surface area contributed by atoms with Crippen molar-refractivity contribution in [3.05, 3.63) is 53.1 Å². The molecule has 142 valence electrons. The molecular weight excluding hydrogens is 375 g/mol. The molecule has 4 rings (SSSR count). The molecule has 8 heteroatoms. The summed E-state index contributed by atoms with van der Waals surface area (Å²) in [5, 5.41) is 10.6. The van der Waals surface area contributed by atoms with Gasteiger partial charge >= 0.3 is 0 Å². The molecule has 1 aliphatic heterocycles. The summed E-state index contributed by atoms with van der Waals surface area (Å²) in [6.45, 7) is 1.10. The van der Waals surface area contributed by atoms with Gasteiger partial charge in [0.25, 0.3) is 0 Å². The molecule has 1 aromatic carbocycles. The van der Waals surface area contributed by atoms with Gasteiger partial charge in [0.05, 0.1) is 16.3 Å². The van der Waals surface area contributed by atoms with Crippen molar-refractivity contribution < 1.29 is 4.39 Å². The van der Waals surface area contributed by atoms with Gasteiger partial charge < -0.3 is 15.5 Å². The number of nitriles is 1. The van der Waals surface area contributed by atoms with E-state index < -0.39 is 0 Å². The first-order chi connectivity index (χ1) is 13.5. The van der Waals surface area contributed by atoms with Crippen LogP contribution in [0.5, 0.6) is 0 Å². The molecule has 0 fully saturated rings. The molecule has 3 aromatic rings. The number of aromatic nitrogens is 2. The molecule has 0 amide bonds. The molecule has 0 radical (unpaired) electrons. The van der Waals surface area contributed by atoms with Crippen LogP contribution >= 0.6 is 11.3 Å². The van der Waals surface area contributed by atoms with Crippen LogP contribution in [-0.4, -0.2) is 30.6 Å². The van der Waals surface area contributed by atoms with Gasteiger partial charge in [-0.05, 0) is 12.1 Å². The number of hydrogen-bond donors (Lipinski definition) is 1. The lowest BCUT2D eigenvalue weighted by molar-refractivity contribution is 0.608. The van der Waals surface area contributed by atoms with E-state index in [-0.39, 0.29) is 11.6 Å². The predicted molar refractivity (Wildman–Crippen MR) is 110 cm³/mol. The number of halogens is 1. The molecule has 28 heavy (non-hydrogen) atoms. The summed E-state index contributed by atoms with van der Waals surface area (Å²) < 4.78 is 14.3. The molecule has 0 bridgehead atoms.